The van der Waals surface area contributed by atoms with Crippen LogP contribution in [0.1, 0.15) is 26.7 Å². The molecule has 3 nitrogen and oxygen atoms in total. The lowest BCUT2D eigenvalue weighted by molar-refractivity contribution is -0.121. The predicted molar refractivity (Wildman–Crippen MR) is 69.0 cm³/mol. The number of benzene rings is 1. The van der Waals surface area contributed by atoms with Gasteiger partial charge in [0.15, 0.2) is 11.6 Å². The molecule has 4 heteroatoms. The zero-order valence-electron chi connectivity index (χ0n) is 10.9. The second-order valence-corrected chi connectivity index (χ2v) is 4.58. The van der Waals surface area contributed by atoms with Gasteiger partial charge in [0, 0.05) is 13.0 Å². The van der Waals surface area contributed by atoms with Gasteiger partial charge in [-0.25, -0.2) is 4.39 Å². The Hall–Kier alpha value is -1.58. The van der Waals surface area contributed by atoms with Crippen LogP contribution in [0.25, 0.3) is 0 Å². The number of para-hydroxylation sites is 1. The first-order chi connectivity index (χ1) is 8.59. The van der Waals surface area contributed by atoms with E-state index in [0.29, 0.717) is 31.9 Å². The van der Waals surface area contributed by atoms with E-state index in [1.165, 1.54) is 6.07 Å². The van der Waals surface area contributed by atoms with Crippen molar-refractivity contribution in [3.05, 3.63) is 30.1 Å². The first kappa shape index (κ1) is 14.5. The Balaban J connectivity index is 2.15. The fourth-order valence-electron chi connectivity index (χ4n) is 1.38. The minimum absolute atomic E-state index is 0.0147. The molecule has 0 saturated carbocycles. The maximum atomic E-state index is 13.2. The van der Waals surface area contributed by atoms with Gasteiger partial charge in [-0.15, -0.1) is 0 Å². The summed E-state index contributed by atoms with van der Waals surface area (Å²) in [6, 6.07) is 6.26. The van der Waals surface area contributed by atoms with Gasteiger partial charge in [0.2, 0.25) is 5.91 Å². The van der Waals surface area contributed by atoms with Gasteiger partial charge in [-0.05, 0) is 24.5 Å². The molecule has 0 unspecified atom stereocenters. The average Bonchev–Trinajstić information content (AvgIpc) is 2.34. The van der Waals surface area contributed by atoms with E-state index < -0.39 is 0 Å². The smallest absolute Gasteiger partial charge is 0.220 e. The van der Waals surface area contributed by atoms with Crippen LogP contribution in [0, 0.1) is 11.7 Å². The largest absolute Gasteiger partial charge is 0.491 e. The Bertz CT molecular complexity index is 380. The topological polar surface area (TPSA) is 38.3 Å². The van der Waals surface area contributed by atoms with E-state index in [9.17, 15) is 9.18 Å². The van der Waals surface area contributed by atoms with Gasteiger partial charge in [-0.3, -0.25) is 4.79 Å². The zero-order valence-corrected chi connectivity index (χ0v) is 10.9. The SMILES string of the molecule is CC(C)CNC(=O)CCCOc1ccccc1F. The van der Waals surface area contributed by atoms with Crippen LogP contribution < -0.4 is 10.1 Å². The second kappa shape index (κ2) is 7.69. The lowest BCUT2D eigenvalue weighted by Gasteiger charge is -2.08. The summed E-state index contributed by atoms with van der Waals surface area (Å²) in [5.74, 6) is 0.325. The van der Waals surface area contributed by atoms with Crippen molar-refractivity contribution >= 4 is 5.91 Å². The maximum absolute atomic E-state index is 13.2. The van der Waals surface area contributed by atoms with Crippen molar-refractivity contribution < 1.29 is 13.9 Å². The number of hydrogen-bond acceptors (Lipinski definition) is 2. The molecular formula is C14H20FNO2. The number of amides is 1. The van der Waals surface area contributed by atoms with Gasteiger partial charge in [0.25, 0.3) is 0 Å². The normalized spacial score (nSPS) is 10.4. The van der Waals surface area contributed by atoms with Crippen molar-refractivity contribution in [1.29, 1.82) is 0 Å². The lowest BCUT2D eigenvalue weighted by atomic mass is 10.2. The molecule has 0 atom stereocenters. The van der Waals surface area contributed by atoms with Crippen LogP contribution in [0.5, 0.6) is 5.75 Å². The van der Waals surface area contributed by atoms with Gasteiger partial charge in [0.05, 0.1) is 6.61 Å². The highest BCUT2D eigenvalue weighted by molar-refractivity contribution is 5.75. The Morgan fingerprint density at radius 3 is 2.78 bits per heavy atom. The summed E-state index contributed by atoms with van der Waals surface area (Å²) in [5.41, 5.74) is 0. The van der Waals surface area contributed by atoms with E-state index in [4.69, 9.17) is 4.74 Å². The molecule has 0 saturated heterocycles. The molecular weight excluding hydrogens is 233 g/mol. The van der Waals surface area contributed by atoms with Crippen molar-refractivity contribution in [3.63, 3.8) is 0 Å². The van der Waals surface area contributed by atoms with E-state index in [2.05, 4.69) is 5.32 Å². The second-order valence-electron chi connectivity index (χ2n) is 4.58. The van der Waals surface area contributed by atoms with E-state index >= 15 is 0 Å². The van der Waals surface area contributed by atoms with Crippen molar-refractivity contribution in [1.82, 2.24) is 5.32 Å². The molecule has 1 rings (SSSR count). The van der Waals surface area contributed by atoms with E-state index in [1.807, 2.05) is 13.8 Å². The van der Waals surface area contributed by atoms with Crippen LogP contribution in [-0.2, 0) is 4.79 Å². The van der Waals surface area contributed by atoms with Crippen LogP contribution in [-0.4, -0.2) is 19.1 Å². The molecule has 1 amide bonds. The minimum Gasteiger partial charge on any atom is -0.491 e. The Labute approximate surface area is 107 Å². The third-order valence-electron chi connectivity index (χ3n) is 2.35. The zero-order chi connectivity index (χ0) is 13.4. The van der Waals surface area contributed by atoms with Crippen LogP contribution in [0.2, 0.25) is 0 Å². The Kier molecular flexibility index (Phi) is 6.19. The van der Waals surface area contributed by atoms with Gasteiger partial charge in [-0.1, -0.05) is 26.0 Å². The monoisotopic (exact) mass is 253 g/mol. The van der Waals surface area contributed by atoms with Crippen molar-refractivity contribution in [2.75, 3.05) is 13.2 Å². The highest BCUT2D eigenvalue weighted by Crippen LogP contribution is 2.15. The number of rotatable bonds is 7. The highest BCUT2D eigenvalue weighted by Gasteiger charge is 2.04. The summed E-state index contributed by atoms with van der Waals surface area (Å²) in [6.45, 7) is 5.12. The summed E-state index contributed by atoms with van der Waals surface area (Å²) in [5, 5.41) is 2.82. The lowest BCUT2D eigenvalue weighted by Crippen LogP contribution is -2.27. The molecule has 0 aliphatic carbocycles. The molecule has 1 aromatic rings. The molecule has 0 heterocycles. The number of carbonyl (C=O) groups excluding carboxylic acids is 1. The number of hydrogen-bond donors (Lipinski definition) is 1. The van der Waals surface area contributed by atoms with Crippen LogP contribution in [0.15, 0.2) is 24.3 Å². The van der Waals surface area contributed by atoms with Crippen molar-refractivity contribution in [2.45, 2.75) is 26.7 Å². The Morgan fingerprint density at radius 2 is 2.11 bits per heavy atom. The molecule has 0 spiro atoms. The number of carbonyl (C=O) groups is 1. The van der Waals surface area contributed by atoms with Crippen LogP contribution in [0.3, 0.4) is 0 Å². The average molecular weight is 253 g/mol. The van der Waals surface area contributed by atoms with Crippen LogP contribution >= 0.6 is 0 Å². The molecule has 0 radical (unpaired) electrons. The number of ether oxygens (including phenoxy) is 1. The number of halogens is 1. The Morgan fingerprint density at radius 1 is 1.39 bits per heavy atom. The fraction of sp³-hybridized carbons (Fsp3) is 0.500. The summed E-state index contributed by atoms with van der Waals surface area (Å²) < 4.78 is 18.4. The molecule has 0 fully saturated rings. The molecule has 100 valence electrons. The third-order valence-corrected chi connectivity index (χ3v) is 2.35. The maximum Gasteiger partial charge on any atom is 0.220 e. The summed E-state index contributed by atoms with van der Waals surface area (Å²) in [6.07, 6.45) is 0.986. The van der Waals surface area contributed by atoms with E-state index in [-0.39, 0.29) is 17.5 Å². The highest BCUT2D eigenvalue weighted by atomic mass is 19.1. The summed E-state index contributed by atoms with van der Waals surface area (Å²) >= 11 is 0. The first-order valence-electron chi connectivity index (χ1n) is 6.23. The van der Waals surface area contributed by atoms with E-state index in [0.717, 1.165) is 0 Å². The predicted octanol–water partition coefficient (Wildman–Crippen LogP) is 2.76. The summed E-state index contributed by atoms with van der Waals surface area (Å²) in [7, 11) is 0. The van der Waals surface area contributed by atoms with Gasteiger partial charge in [0.1, 0.15) is 0 Å². The molecule has 1 N–H and O–H groups in total. The van der Waals surface area contributed by atoms with Crippen molar-refractivity contribution in [3.8, 4) is 5.75 Å². The molecule has 1 aromatic carbocycles. The van der Waals surface area contributed by atoms with Gasteiger partial charge < -0.3 is 10.1 Å². The molecule has 0 aliphatic rings. The van der Waals surface area contributed by atoms with E-state index in [1.54, 1.807) is 18.2 Å². The third kappa shape index (κ3) is 5.66. The first-order valence-corrected chi connectivity index (χ1v) is 6.23. The summed E-state index contributed by atoms with van der Waals surface area (Å²) in [4.78, 5) is 11.4. The molecule has 0 aromatic heterocycles. The van der Waals surface area contributed by atoms with Gasteiger partial charge in [-0.2, -0.15) is 0 Å². The molecule has 0 bridgehead atoms. The standard InChI is InChI=1S/C14H20FNO2/c1-11(2)10-16-14(17)8-5-9-18-13-7-4-3-6-12(13)15/h3-4,6-7,11H,5,8-10H2,1-2H3,(H,16,17). The molecule has 18 heavy (non-hydrogen) atoms. The minimum atomic E-state index is -0.373. The number of nitrogens with one attached hydrogen (secondary N) is 1. The fourth-order valence-corrected chi connectivity index (χ4v) is 1.38. The van der Waals surface area contributed by atoms with Crippen molar-refractivity contribution in [2.24, 2.45) is 5.92 Å². The quantitative estimate of drug-likeness (QED) is 0.759. The van der Waals surface area contributed by atoms with Gasteiger partial charge >= 0.3 is 0 Å². The molecule has 0 aliphatic heterocycles. The van der Waals surface area contributed by atoms with Crippen LogP contribution in [0.4, 0.5) is 4.39 Å².